The zero-order valence-electron chi connectivity index (χ0n) is 10.1. The lowest BCUT2D eigenvalue weighted by molar-refractivity contribution is 0.200. The Labute approximate surface area is 107 Å². The number of halogens is 1. The maximum atomic E-state index is 5.99. The number of ether oxygens (including phenoxy) is 2. The van der Waals surface area contributed by atoms with Crippen LogP contribution in [0.25, 0.3) is 0 Å². The third kappa shape index (κ3) is 5.70. The number of hydrogen-bond donors (Lipinski definition) is 1. The van der Waals surface area contributed by atoms with Crippen molar-refractivity contribution in [1.82, 2.24) is 9.97 Å². The highest BCUT2D eigenvalue weighted by Gasteiger charge is 2.05. The van der Waals surface area contributed by atoms with Gasteiger partial charge in [0.2, 0.25) is 5.88 Å². The van der Waals surface area contributed by atoms with Crippen LogP contribution in [0.3, 0.4) is 0 Å². The molecule has 0 aliphatic carbocycles. The van der Waals surface area contributed by atoms with Gasteiger partial charge in [-0.15, -0.1) is 11.6 Å². The van der Waals surface area contributed by atoms with E-state index in [-0.39, 0.29) is 5.38 Å². The van der Waals surface area contributed by atoms with Gasteiger partial charge in [0, 0.05) is 13.7 Å². The molecule has 1 aromatic heterocycles. The van der Waals surface area contributed by atoms with E-state index in [1.807, 2.05) is 6.92 Å². The highest BCUT2D eigenvalue weighted by Crippen LogP contribution is 2.09. The Kier molecular flexibility index (Phi) is 6.65. The highest BCUT2D eigenvalue weighted by atomic mass is 35.5. The van der Waals surface area contributed by atoms with Crippen LogP contribution in [0.2, 0.25) is 0 Å². The summed E-state index contributed by atoms with van der Waals surface area (Å²) in [7, 11) is 1.62. The van der Waals surface area contributed by atoms with Crippen LogP contribution in [0.1, 0.15) is 13.3 Å². The quantitative estimate of drug-likeness (QED) is 0.723. The predicted octanol–water partition coefficient (Wildman–Crippen LogP) is 1.93. The first-order valence-corrected chi connectivity index (χ1v) is 6.01. The van der Waals surface area contributed by atoms with Crippen molar-refractivity contribution in [3.63, 3.8) is 0 Å². The molecule has 1 N–H and O–H groups in total. The largest absolute Gasteiger partial charge is 0.477 e. The van der Waals surface area contributed by atoms with Gasteiger partial charge in [0.25, 0.3) is 0 Å². The molecule has 0 aromatic carbocycles. The first-order valence-electron chi connectivity index (χ1n) is 5.58. The molecular weight excluding hydrogens is 242 g/mol. The van der Waals surface area contributed by atoms with E-state index >= 15 is 0 Å². The standard InChI is InChI=1S/C11H18ClN3O2/c1-3-4-17-11-7-13-6-10(15-11)14-5-9(12)8-16-2/h6-7,9H,3-5,8H2,1-2H3,(H,14,15). The molecule has 0 bridgehead atoms. The van der Waals surface area contributed by atoms with E-state index in [1.165, 1.54) is 0 Å². The van der Waals surface area contributed by atoms with E-state index < -0.39 is 0 Å². The Morgan fingerprint density at radius 1 is 1.47 bits per heavy atom. The summed E-state index contributed by atoms with van der Waals surface area (Å²) in [5.41, 5.74) is 0. The number of nitrogens with one attached hydrogen (secondary N) is 1. The van der Waals surface area contributed by atoms with E-state index in [1.54, 1.807) is 19.5 Å². The van der Waals surface area contributed by atoms with Crippen molar-refractivity contribution in [3.05, 3.63) is 12.4 Å². The Balaban J connectivity index is 2.42. The molecule has 1 rings (SSSR count). The van der Waals surface area contributed by atoms with Crippen LogP contribution in [-0.4, -0.2) is 42.2 Å². The fourth-order valence-corrected chi connectivity index (χ4v) is 1.37. The van der Waals surface area contributed by atoms with Gasteiger partial charge in [-0.2, -0.15) is 4.98 Å². The monoisotopic (exact) mass is 259 g/mol. The number of aromatic nitrogens is 2. The van der Waals surface area contributed by atoms with Crippen molar-refractivity contribution in [1.29, 1.82) is 0 Å². The second-order valence-corrected chi connectivity index (χ2v) is 4.14. The predicted molar refractivity (Wildman–Crippen MR) is 67.8 cm³/mol. The fraction of sp³-hybridized carbons (Fsp3) is 0.636. The summed E-state index contributed by atoms with van der Waals surface area (Å²) < 4.78 is 10.3. The molecule has 1 unspecified atom stereocenters. The van der Waals surface area contributed by atoms with Gasteiger partial charge in [0.15, 0.2) is 0 Å². The molecule has 0 radical (unpaired) electrons. The van der Waals surface area contributed by atoms with Crippen LogP contribution in [0, 0.1) is 0 Å². The van der Waals surface area contributed by atoms with E-state index in [9.17, 15) is 0 Å². The zero-order chi connectivity index (χ0) is 12.5. The smallest absolute Gasteiger partial charge is 0.234 e. The van der Waals surface area contributed by atoms with Crippen LogP contribution >= 0.6 is 11.6 Å². The summed E-state index contributed by atoms with van der Waals surface area (Å²) in [6.07, 6.45) is 4.17. The Morgan fingerprint density at radius 2 is 2.29 bits per heavy atom. The molecule has 1 aromatic rings. The number of alkyl halides is 1. The summed E-state index contributed by atoms with van der Waals surface area (Å²) in [5, 5.41) is 2.99. The number of methoxy groups -OCH3 is 1. The third-order valence-electron chi connectivity index (χ3n) is 1.92. The van der Waals surface area contributed by atoms with Crippen LogP contribution < -0.4 is 10.1 Å². The van der Waals surface area contributed by atoms with Crippen molar-refractivity contribution in [3.8, 4) is 5.88 Å². The van der Waals surface area contributed by atoms with Gasteiger partial charge in [-0.05, 0) is 6.42 Å². The van der Waals surface area contributed by atoms with Crippen LogP contribution in [-0.2, 0) is 4.74 Å². The molecule has 6 heteroatoms. The first-order chi connectivity index (χ1) is 8.26. The normalized spacial score (nSPS) is 12.2. The van der Waals surface area contributed by atoms with Crippen molar-refractivity contribution >= 4 is 17.4 Å². The van der Waals surface area contributed by atoms with E-state index in [0.29, 0.717) is 31.5 Å². The molecule has 1 atom stereocenters. The second-order valence-electron chi connectivity index (χ2n) is 3.52. The number of anilines is 1. The van der Waals surface area contributed by atoms with E-state index in [4.69, 9.17) is 21.1 Å². The minimum Gasteiger partial charge on any atom is -0.477 e. The highest BCUT2D eigenvalue weighted by molar-refractivity contribution is 6.21. The second kappa shape index (κ2) is 8.08. The van der Waals surface area contributed by atoms with Gasteiger partial charge >= 0.3 is 0 Å². The van der Waals surface area contributed by atoms with Crippen molar-refractivity contribution in [2.24, 2.45) is 0 Å². The van der Waals surface area contributed by atoms with Gasteiger partial charge < -0.3 is 14.8 Å². The van der Waals surface area contributed by atoms with Gasteiger partial charge in [0.1, 0.15) is 5.82 Å². The molecule has 0 fully saturated rings. The Hall–Kier alpha value is -1.07. The van der Waals surface area contributed by atoms with Crippen molar-refractivity contribution in [2.75, 3.05) is 32.2 Å². The molecule has 0 spiro atoms. The lowest BCUT2D eigenvalue weighted by atomic mass is 10.4. The van der Waals surface area contributed by atoms with Crippen molar-refractivity contribution < 1.29 is 9.47 Å². The van der Waals surface area contributed by atoms with E-state index in [0.717, 1.165) is 6.42 Å². The Bertz CT molecular complexity index is 325. The average Bonchev–Trinajstić information content (AvgIpc) is 2.35. The molecule has 0 aliphatic heterocycles. The molecule has 17 heavy (non-hydrogen) atoms. The molecule has 0 saturated carbocycles. The minimum atomic E-state index is -0.0954. The Morgan fingerprint density at radius 3 is 3.00 bits per heavy atom. The summed E-state index contributed by atoms with van der Waals surface area (Å²) in [6.45, 7) is 3.74. The SMILES string of the molecule is CCCOc1cncc(NCC(Cl)COC)n1. The van der Waals surface area contributed by atoms with Crippen LogP contribution in [0.5, 0.6) is 5.88 Å². The lowest BCUT2D eigenvalue weighted by Gasteiger charge is -2.10. The zero-order valence-corrected chi connectivity index (χ0v) is 10.9. The summed E-state index contributed by atoms with van der Waals surface area (Å²) in [6, 6.07) is 0. The lowest BCUT2D eigenvalue weighted by Crippen LogP contribution is -2.19. The third-order valence-corrected chi connectivity index (χ3v) is 2.20. The van der Waals surface area contributed by atoms with Gasteiger partial charge in [-0.25, -0.2) is 0 Å². The maximum absolute atomic E-state index is 5.99. The average molecular weight is 260 g/mol. The van der Waals surface area contributed by atoms with Crippen molar-refractivity contribution in [2.45, 2.75) is 18.7 Å². The molecular formula is C11H18ClN3O2. The summed E-state index contributed by atoms with van der Waals surface area (Å²) >= 11 is 5.99. The fourth-order valence-electron chi connectivity index (χ4n) is 1.16. The van der Waals surface area contributed by atoms with Crippen LogP contribution in [0.4, 0.5) is 5.82 Å². The number of hydrogen-bond acceptors (Lipinski definition) is 5. The summed E-state index contributed by atoms with van der Waals surface area (Å²) in [4.78, 5) is 8.28. The van der Waals surface area contributed by atoms with Gasteiger partial charge in [0.05, 0.1) is 31.0 Å². The number of nitrogens with zero attached hydrogens (tertiary/aromatic N) is 2. The molecule has 1 heterocycles. The molecule has 0 saturated heterocycles. The summed E-state index contributed by atoms with van der Waals surface area (Å²) in [5.74, 6) is 1.18. The number of rotatable bonds is 8. The topological polar surface area (TPSA) is 56.3 Å². The molecule has 5 nitrogen and oxygen atoms in total. The van der Waals surface area contributed by atoms with Gasteiger partial charge in [-0.1, -0.05) is 6.92 Å². The van der Waals surface area contributed by atoms with E-state index in [2.05, 4.69) is 15.3 Å². The maximum Gasteiger partial charge on any atom is 0.234 e. The minimum absolute atomic E-state index is 0.0954. The molecule has 0 amide bonds. The first kappa shape index (κ1) is 14.0. The molecule has 0 aliphatic rings. The van der Waals surface area contributed by atoms with Gasteiger partial charge in [-0.3, -0.25) is 4.98 Å². The van der Waals surface area contributed by atoms with Crippen LogP contribution in [0.15, 0.2) is 12.4 Å². The molecule has 96 valence electrons.